The first-order valence-electron chi connectivity index (χ1n) is 12.5. The van der Waals surface area contributed by atoms with Gasteiger partial charge >= 0.3 is 6.09 Å². The number of unbranched alkanes of at least 4 members (excludes halogenated alkanes) is 1. The number of pyridine rings is 1. The predicted molar refractivity (Wildman–Crippen MR) is 139 cm³/mol. The molecule has 1 heterocycles. The first-order chi connectivity index (χ1) is 16.2. The minimum atomic E-state index is -0.505. The summed E-state index contributed by atoms with van der Waals surface area (Å²) in [6, 6.07) is 8.49. The molecule has 34 heavy (non-hydrogen) atoms. The highest BCUT2D eigenvalue weighted by atomic mass is 32.2. The van der Waals surface area contributed by atoms with Crippen molar-refractivity contribution in [2.24, 2.45) is 0 Å². The van der Waals surface area contributed by atoms with E-state index in [1.807, 2.05) is 37.4 Å². The van der Waals surface area contributed by atoms with Gasteiger partial charge in [-0.15, -0.1) is 11.8 Å². The zero-order valence-electron chi connectivity index (χ0n) is 21.1. The molecule has 0 spiro atoms. The summed E-state index contributed by atoms with van der Waals surface area (Å²) in [6.07, 6.45) is 7.02. The number of fused-ring (bicyclic) bond motifs is 2. The number of carbonyl (C=O) groups excluding carboxylic acids is 2. The lowest BCUT2D eigenvalue weighted by Crippen LogP contribution is -2.36. The lowest BCUT2D eigenvalue weighted by molar-refractivity contribution is -0.128. The Morgan fingerprint density at radius 2 is 1.82 bits per heavy atom. The van der Waals surface area contributed by atoms with E-state index in [0.717, 1.165) is 43.5 Å². The number of ether oxygens (including phenoxy) is 1. The number of carbonyl (C=O) groups is 2. The van der Waals surface area contributed by atoms with Gasteiger partial charge < -0.3 is 15.0 Å². The molecule has 0 unspecified atom stereocenters. The average molecular weight is 486 g/mol. The van der Waals surface area contributed by atoms with Crippen LogP contribution in [0, 0.1) is 0 Å². The monoisotopic (exact) mass is 485 g/mol. The van der Waals surface area contributed by atoms with E-state index in [1.54, 1.807) is 6.92 Å². The van der Waals surface area contributed by atoms with Crippen molar-refractivity contribution in [1.82, 2.24) is 15.2 Å². The van der Waals surface area contributed by atoms with Crippen molar-refractivity contribution < 1.29 is 14.3 Å². The first kappa shape index (κ1) is 26.3. The lowest BCUT2D eigenvalue weighted by atomic mass is 9.94. The Kier molecular flexibility index (Phi) is 9.63. The number of hydrogen-bond donors (Lipinski definition) is 1. The van der Waals surface area contributed by atoms with Gasteiger partial charge in [0.05, 0.1) is 5.52 Å². The Bertz CT molecular complexity index is 987. The van der Waals surface area contributed by atoms with Gasteiger partial charge in [0.1, 0.15) is 5.60 Å². The second kappa shape index (κ2) is 12.4. The highest BCUT2D eigenvalue weighted by Gasteiger charge is 2.19. The minimum Gasteiger partial charge on any atom is -0.444 e. The summed E-state index contributed by atoms with van der Waals surface area (Å²) in [5.74, 6) is 1.12. The Morgan fingerprint density at radius 3 is 2.59 bits per heavy atom. The molecule has 1 aromatic carbocycles. The number of aromatic nitrogens is 1. The zero-order chi connectivity index (χ0) is 24.6. The molecule has 0 radical (unpaired) electrons. The third kappa shape index (κ3) is 7.90. The van der Waals surface area contributed by atoms with Gasteiger partial charge in [0.25, 0.3) is 0 Å². The number of para-hydroxylation sites is 1. The van der Waals surface area contributed by atoms with E-state index in [0.29, 0.717) is 19.5 Å². The molecule has 186 valence electrons. The van der Waals surface area contributed by atoms with E-state index in [-0.39, 0.29) is 5.91 Å². The molecule has 0 saturated carbocycles. The van der Waals surface area contributed by atoms with E-state index in [2.05, 4.69) is 29.6 Å². The van der Waals surface area contributed by atoms with Crippen LogP contribution in [-0.4, -0.2) is 52.9 Å². The standard InChI is InChI=1S/C27H39N3O3S/c1-20(31)30(18-11-16-28-26(32)33-27(2,3)4)17-9-10-19-34-25-21-12-5-7-14-23(21)29-24-15-8-6-13-22(24)25/h5,7,12,14H,6,8-11,13,15-19H2,1-4H3,(H,28,32). The molecule has 1 aliphatic carbocycles. The summed E-state index contributed by atoms with van der Waals surface area (Å²) in [5, 5.41) is 4.03. The van der Waals surface area contributed by atoms with Gasteiger partial charge in [-0.3, -0.25) is 9.78 Å². The molecular weight excluding hydrogens is 446 g/mol. The maximum absolute atomic E-state index is 12.1. The van der Waals surface area contributed by atoms with E-state index >= 15 is 0 Å². The number of alkyl carbamates (subject to hydrolysis) is 1. The number of rotatable bonds is 10. The van der Waals surface area contributed by atoms with Crippen LogP contribution in [0.3, 0.4) is 0 Å². The predicted octanol–water partition coefficient (Wildman–Crippen LogP) is 5.75. The van der Waals surface area contributed by atoms with Gasteiger partial charge in [-0.05, 0) is 83.1 Å². The number of aryl methyl sites for hydroxylation is 1. The molecule has 7 heteroatoms. The third-order valence-corrected chi connectivity index (χ3v) is 7.15. The van der Waals surface area contributed by atoms with E-state index < -0.39 is 11.7 Å². The van der Waals surface area contributed by atoms with Gasteiger partial charge in [-0.2, -0.15) is 0 Å². The molecule has 1 N–H and O–H groups in total. The second-order valence-corrected chi connectivity index (χ2v) is 11.0. The molecule has 0 fully saturated rings. The lowest BCUT2D eigenvalue weighted by Gasteiger charge is -2.22. The van der Waals surface area contributed by atoms with Crippen molar-refractivity contribution in [3.63, 3.8) is 0 Å². The van der Waals surface area contributed by atoms with Crippen molar-refractivity contribution >= 4 is 34.7 Å². The third-order valence-electron chi connectivity index (χ3n) is 5.90. The maximum Gasteiger partial charge on any atom is 0.407 e. The Hall–Kier alpha value is -2.28. The van der Waals surface area contributed by atoms with Gasteiger partial charge in [0.2, 0.25) is 5.91 Å². The van der Waals surface area contributed by atoms with Crippen LogP contribution in [0.5, 0.6) is 0 Å². The van der Waals surface area contributed by atoms with Gasteiger partial charge in [-0.1, -0.05) is 18.2 Å². The average Bonchev–Trinajstić information content (AvgIpc) is 2.78. The number of thioether (sulfide) groups is 1. The molecule has 1 aliphatic rings. The first-order valence-corrected chi connectivity index (χ1v) is 13.5. The molecular formula is C27H39N3O3S. The SMILES string of the molecule is CC(=O)N(CCCCSc1c2c(nc3ccccc13)CCCC2)CCCNC(=O)OC(C)(C)C. The Balaban J connectivity index is 1.44. The smallest absolute Gasteiger partial charge is 0.407 e. The van der Waals surface area contributed by atoms with Crippen LogP contribution in [0.4, 0.5) is 4.79 Å². The van der Waals surface area contributed by atoms with Crippen LogP contribution in [0.2, 0.25) is 0 Å². The highest BCUT2D eigenvalue weighted by Crippen LogP contribution is 2.36. The largest absolute Gasteiger partial charge is 0.444 e. The molecule has 0 saturated heterocycles. The van der Waals surface area contributed by atoms with Crippen LogP contribution in [0.25, 0.3) is 10.9 Å². The van der Waals surface area contributed by atoms with Crippen LogP contribution >= 0.6 is 11.8 Å². The number of nitrogens with zero attached hydrogens (tertiary/aromatic N) is 2. The van der Waals surface area contributed by atoms with E-state index in [9.17, 15) is 9.59 Å². The molecule has 1 aromatic heterocycles. The number of nitrogens with one attached hydrogen (secondary N) is 1. The van der Waals surface area contributed by atoms with Crippen molar-refractivity contribution in [1.29, 1.82) is 0 Å². The van der Waals surface area contributed by atoms with Crippen LogP contribution in [0.15, 0.2) is 29.2 Å². The Morgan fingerprint density at radius 1 is 1.09 bits per heavy atom. The molecule has 6 nitrogen and oxygen atoms in total. The molecule has 2 amide bonds. The summed E-state index contributed by atoms with van der Waals surface area (Å²) in [4.78, 5) is 32.0. The summed E-state index contributed by atoms with van der Waals surface area (Å²) in [6.45, 7) is 9.02. The van der Waals surface area contributed by atoms with Gasteiger partial charge in [-0.25, -0.2) is 4.79 Å². The quantitative estimate of drug-likeness (QED) is 0.343. The summed E-state index contributed by atoms with van der Waals surface area (Å²) >= 11 is 1.95. The highest BCUT2D eigenvalue weighted by molar-refractivity contribution is 7.99. The summed E-state index contributed by atoms with van der Waals surface area (Å²) in [7, 11) is 0. The van der Waals surface area contributed by atoms with E-state index in [1.165, 1.54) is 34.4 Å². The molecule has 0 atom stereocenters. The molecule has 0 aliphatic heterocycles. The fourth-order valence-corrected chi connectivity index (χ4v) is 5.55. The van der Waals surface area contributed by atoms with E-state index in [4.69, 9.17) is 9.72 Å². The van der Waals surface area contributed by atoms with Crippen LogP contribution < -0.4 is 5.32 Å². The summed E-state index contributed by atoms with van der Waals surface area (Å²) < 4.78 is 5.25. The zero-order valence-corrected chi connectivity index (χ0v) is 21.9. The number of benzene rings is 1. The topological polar surface area (TPSA) is 71.5 Å². The number of amides is 2. The van der Waals surface area contributed by atoms with Gasteiger partial charge in [0.15, 0.2) is 0 Å². The Labute approximate surface area is 208 Å². The fourth-order valence-electron chi connectivity index (χ4n) is 4.27. The second-order valence-electron chi connectivity index (χ2n) is 9.93. The molecule has 0 bridgehead atoms. The number of hydrogen-bond acceptors (Lipinski definition) is 5. The normalized spacial score (nSPS) is 13.4. The van der Waals surface area contributed by atoms with Crippen molar-refractivity contribution in [3.8, 4) is 0 Å². The minimum absolute atomic E-state index is 0.0825. The van der Waals surface area contributed by atoms with Crippen molar-refractivity contribution in [2.45, 2.75) is 83.1 Å². The van der Waals surface area contributed by atoms with Crippen molar-refractivity contribution in [3.05, 3.63) is 35.5 Å². The van der Waals surface area contributed by atoms with Crippen LogP contribution in [-0.2, 0) is 22.4 Å². The fraction of sp³-hybridized carbons (Fsp3) is 0.593. The van der Waals surface area contributed by atoms with Crippen LogP contribution in [0.1, 0.15) is 71.1 Å². The maximum atomic E-state index is 12.1. The molecule has 3 rings (SSSR count). The van der Waals surface area contributed by atoms with Crippen molar-refractivity contribution in [2.75, 3.05) is 25.4 Å². The van der Waals surface area contributed by atoms with Gasteiger partial charge in [0, 0.05) is 42.5 Å². The summed E-state index contributed by atoms with van der Waals surface area (Å²) in [5.41, 5.74) is 3.34. The molecule has 2 aromatic rings.